The molecule has 1 saturated heterocycles. The minimum Gasteiger partial charge on any atom is -0.481 e. The average molecular weight is 276 g/mol. The summed E-state index contributed by atoms with van der Waals surface area (Å²) in [4.78, 5) is 4.12. The van der Waals surface area contributed by atoms with E-state index in [0.717, 1.165) is 5.56 Å². The lowest BCUT2D eigenvalue weighted by atomic mass is 9.89. The van der Waals surface area contributed by atoms with E-state index in [0.29, 0.717) is 11.6 Å². The molecule has 5 nitrogen and oxygen atoms in total. The molecule has 0 saturated carbocycles. The smallest absolute Gasteiger partial charge is 0.481 e. The Kier molecular flexibility index (Phi) is 3.80. The van der Waals surface area contributed by atoms with Gasteiger partial charge in [-0.3, -0.25) is 0 Å². The number of nitrogen functional groups attached to an aromatic ring is 1. The normalized spacial score (nSPS) is 20.6. The highest BCUT2D eigenvalue weighted by molar-refractivity contribution is 6.52. The third-order valence-electron chi connectivity index (χ3n) is 3.80. The number of nitrogens with zero attached hydrogens (tertiary/aromatic N) is 1. The molecule has 0 amide bonds. The maximum Gasteiger partial charge on any atom is 0.487 e. The summed E-state index contributed by atoms with van der Waals surface area (Å²) in [6.07, 6.45) is 3.41. The summed E-state index contributed by atoms with van der Waals surface area (Å²) in [5.41, 5.74) is 6.42. The molecule has 1 fully saturated rings. The first-order valence-electron chi connectivity index (χ1n) is 6.58. The van der Waals surface area contributed by atoms with E-state index >= 15 is 0 Å². The van der Waals surface area contributed by atoms with Crippen molar-refractivity contribution in [1.82, 2.24) is 4.98 Å². The fraction of sp³-hybridized carbons (Fsp3) is 0.500. The van der Waals surface area contributed by atoms with Crippen LogP contribution in [0.2, 0.25) is 0 Å². The molecule has 0 atom stereocenters. The van der Waals surface area contributed by atoms with Crippen LogP contribution in [0.15, 0.2) is 18.2 Å². The summed E-state index contributed by atoms with van der Waals surface area (Å²) in [5.74, 6) is 2.36. The highest BCUT2D eigenvalue weighted by atomic mass is 16.7. The van der Waals surface area contributed by atoms with Gasteiger partial charge in [0.25, 0.3) is 0 Å². The topological polar surface area (TPSA) is 66.6 Å². The number of hydrogen-bond acceptors (Lipinski definition) is 5. The zero-order chi connectivity index (χ0) is 15.0. The Morgan fingerprint density at radius 3 is 2.40 bits per heavy atom. The molecule has 0 spiro atoms. The van der Waals surface area contributed by atoms with Crippen LogP contribution < -0.4 is 10.5 Å². The van der Waals surface area contributed by atoms with Gasteiger partial charge in [0.15, 0.2) is 0 Å². The first-order chi connectivity index (χ1) is 9.25. The summed E-state index contributed by atoms with van der Waals surface area (Å²) in [6, 6.07) is 1.80. The average Bonchev–Trinajstić information content (AvgIpc) is 2.55. The van der Waals surface area contributed by atoms with Gasteiger partial charge in [-0.2, -0.15) is 0 Å². The second kappa shape index (κ2) is 5.11. The Morgan fingerprint density at radius 1 is 1.25 bits per heavy atom. The number of anilines is 1. The van der Waals surface area contributed by atoms with Gasteiger partial charge in [0.2, 0.25) is 5.88 Å². The summed E-state index contributed by atoms with van der Waals surface area (Å²) in [7, 11) is 1.18. The fourth-order valence-electron chi connectivity index (χ4n) is 1.93. The van der Waals surface area contributed by atoms with E-state index in [2.05, 4.69) is 4.98 Å². The third-order valence-corrected chi connectivity index (χ3v) is 3.80. The van der Waals surface area contributed by atoms with Crippen LogP contribution >= 0.6 is 0 Å². The van der Waals surface area contributed by atoms with Crippen LogP contribution in [-0.2, 0) is 9.31 Å². The second-order valence-corrected chi connectivity index (χ2v) is 5.85. The highest BCUT2D eigenvalue weighted by Gasteiger charge is 2.50. The SMILES string of the molecule is COc1ncc(N)cc1/C=C/B1OC(C)(C)C(C)(C)O1. The van der Waals surface area contributed by atoms with Crippen LogP contribution in [0.4, 0.5) is 5.69 Å². The first-order valence-corrected chi connectivity index (χ1v) is 6.58. The van der Waals surface area contributed by atoms with E-state index < -0.39 is 7.12 Å². The van der Waals surface area contributed by atoms with E-state index in [4.69, 9.17) is 19.8 Å². The molecule has 1 aliphatic rings. The van der Waals surface area contributed by atoms with Gasteiger partial charge in [0.1, 0.15) is 0 Å². The van der Waals surface area contributed by atoms with Crippen molar-refractivity contribution in [3.05, 3.63) is 23.8 Å². The van der Waals surface area contributed by atoms with E-state index in [9.17, 15) is 0 Å². The molecule has 2 N–H and O–H groups in total. The van der Waals surface area contributed by atoms with Gasteiger partial charge in [0, 0.05) is 5.56 Å². The predicted octanol–water partition coefficient (Wildman–Crippen LogP) is 2.32. The number of aromatic nitrogens is 1. The molecule has 0 aromatic carbocycles. The first kappa shape index (κ1) is 14.9. The highest BCUT2D eigenvalue weighted by Crippen LogP contribution is 2.37. The van der Waals surface area contributed by atoms with E-state index in [1.54, 1.807) is 19.4 Å². The lowest BCUT2D eigenvalue weighted by Gasteiger charge is -2.32. The number of ether oxygens (including phenoxy) is 1. The molecule has 1 aromatic heterocycles. The summed E-state index contributed by atoms with van der Waals surface area (Å²) in [6.45, 7) is 8.07. The number of rotatable bonds is 3. The molecule has 0 radical (unpaired) electrons. The summed E-state index contributed by atoms with van der Waals surface area (Å²) >= 11 is 0. The van der Waals surface area contributed by atoms with Crippen molar-refractivity contribution in [2.75, 3.05) is 12.8 Å². The zero-order valence-corrected chi connectivity index (χ0v) is 12.6. The molecule has 0 bridgehead atoms. The van der Waals surface area contributed by atoms with Crippen LogP contribution in [0.25, 0.3) is 6.08 Å². The fourth-order valence-corrected chi connectivity index (χ4v) is 1.93. The quantitative estimate of drug-likeness (QED) is 0.858. The second-order valence-electron chi connectivity index (χ2n) is 5.85. The molecular formula is C14H21BN2O3. The molecule has 0 aliphatic carbocycles. The monoisotopic (exact) mass is 276 g/mol. The molecule has 20 heavy (non-hydrogen) atoms. The Balaban J connectivity index is 2.17. The lowest BCUT2D eigenvalue weighted by Crippen LogP contribution is -2.41. The Morgan fingerprint density at radius 2 is 1.85 bits per heavy atom. The zero-order valence-electron chi connectivity index (χ0n) is 12.6. The van der Waals surface area contributed by atoms with Gasteiger partial charge in [-0.25, -0.2) is 4.98 Å². The maximum absolute atomic E-state index is 5.89. The minimum atomic E-state index is -0.397. The maximum atomic E-state index is 5.89. The van der Waals surface area contributed by atoms with Gasteiger partial charge in [0.05, 0.1) is 30.2 Å². The van der Waals surface area contributed by atoms with Gasteiger partial charge < -0.3 is 19.8 Å². The Bertz CT molecular complexity index is 513. The minimum absolute atomic E-state index is 0.347. The van der Waals surface area contributed by atoms with Crippen molar-refractivity contribution in [2.24, 2.45) is 0 Å². The van der Waals surface area contributed by atoms with Crippen LogP contribution in [0.3, 0.4) is 0 Å². The summed E-state index contributed by atoms with van der Waals surface area (Å²) in [5, 5.41) is 0. The van der Waals surface area contributed by atoms with Gasteiger partial charge in [-0.05, 0) is 33.8 Å². The molecule has 108 valence electrons. The molecule has 1 aliphatic heterocycles. The Hall–Kier alpha value is -1.53. The number of nitrogens with two attached hydrogens (primary N) is 1. The van der Waals surface area contributed by atoms with Crippen molar-refractivity contribution in [3.8, 4) is 5.88 Å². The number of methoxy groups -OCH3 is 1. The molecule has 6 heteroatoms. The molecule has 0 unspecified atom stereocenters. The number of hydrogen-bond donors (Lipinski definition) is 1. The van der Waals surface area contributed by atoms with Crippen LogP contribution in [0, 0.1) is 0 Å². The molecule has 1 aromatic rings. The predicted molar refractivity (Wildman–Crippen MR) is 80.3 cm³/mol. The molecular weight excluding hydrogens is 255 g/mol. The van der Waals surface area contributed by atoms with Crippen molar-refractivity contribution >= 4 is 18.9 Å². The van der Waals surface area contributed by atoms with E-state index in [1.807, 2.05) is 39.7 Å². The van der Waals surface area contributed by atoms with Crippen LogP contribution in [0.1, 0.15) is 33.3 Å². The van der Waals surface area contributed by atoms with Crippen LogP contribution in [0.5, 0.6) is 5.88 Å². The molecule has 2 heterocycles. The van der Waals surface area contributed by atoms with Crippen LogP contribution in [-0.4, -0.2) is 30.4 Å². The summed E-state index contributed by atoms with van der Waals surface area (Å²) < 4.78 is 17.0. The largest absolute Gasteiger partial charge is 0.487 e. The Labute approximate surface area is 120 Å². The standard InChI is InChI=1S/C14H21BN2O3/c1-13(2)14(3,4)20-15(19-13)7-6-10-8-11(16)9-17-12(10)18-5/h6-9H,16H2,1-5H3/b7-6+. The number of pyridine rings is 1. The van der Waals surface area contributed by atoms with E-state index in [-0.39, 0.29) is 11.2 Å². The van der Waals surface area contributed by atoms with Gasteiger partial charge in [-0.1, -0.05) is 12.1 Å². The van der Waals surface area contributed by atoms with Crippen molar-refractivity contribution in [1.29, 1.82) is 0 Å². The third kappa shape index (κ3) is 2.81. The van der Waals surface area contributed by atoms with Crippen molar-refractivity contribution < 1.29 is 14.0 Å². The van der Waals surface area contributed by atoms with Crippen molar-refractivity contribution in [2.45, 2.75) is 38.9 Å². The van der Waals surface area contributed by atoms with Crippen molar-refractivity contribution in [3.63, 3.8) is 0 Å². The molecule has 2 rings (SSSR count). The van der Waals surface area contributed by atoms with E-state index in [1.165, 1.54) is 0 Å². The van der Waals surface area contributed by atoms with Gasteiger partial charge >= 0.3 is 7.12 Å². The van der Waals surface area contributed by atoms with Gasteiger partial charge in [-0.15, -0.1) is 0 Å². The lowest BCUT2D eigenvalue weighted by molar-refractivity contribution is 0.00578.